The maximum absolute atomic E-state index is 12.7. The number of amides is 1. The minimum atomic E-state index is -4.55. The van der Waals surface area contributed by atoms with Crippen LogP contribution in [0.2, 0.25) is 0 Å². The molecule has 5 nitrogen and oxygen atoms in total. The van der Waals surface area contributed by atoms with Gasteiger partial charge in [-0.25, -0.2) is 0 Å². The molecule has 0 aliphatic carbocycles. The van der Waals surface area contributed by atoms with E-state index in [-0.39, 0.29) is 22.8 Å². The zero-order valence-electron chi connectivity index (χ0n) is 13.5. The van der Waals surface area contributed by atoms with Crippen molar-refractivity contribution in [1.82, 2.24) is 0 Å². The van der Waals surface area contributed by atoms with E-state index in [1.807, 2.05) is 0 Å². The highest BCUT2D eigenvalue weighted by Crippen LogP contribution is 2.31. The number of halogens is 3. The summed E-state index contributed by atoms with van der Waals surface area (Å²) in [5.41, 5.74) is -1.01. The number of nitrogens with one attached hydrogen (secondary N) is 1. The maximum Gasteiger partial charge on any atom is 0.416 e. The molecule has 2 aromatic carbocycles. The average Bonchev–Trinajstić information content (AvgIpc) is 2.59. The summed E-state index contributed by atoms with van der Waals surface area (Å²) >= 11 is 0. The van der Waals surface area contributed by atoms with Crippen LogP contribution >= 0.6 is 0 Å². The topological polar surface area (TPSA) is 82.3 Å². The Bertz CT molecular complexity index is 899. The monoisotopic (exact) mass is 362 g/mol. The summed E-state index contributed by atoms with van der Waals surface area (Å²) in [6, 6.07) is 9.99. The molecule has 0 aliphatic rings. The summed E-state index contributed by atoms with van der Waals surface area (Å²) in [5.74, 6) is -0.840. The van der Waals surface area contributed by atoms with E-state index in [4.69, 9.17) is 10.00 Å². The molecule has 0 aliphatic heterocycles. The van der Waals surface area contributed by atoms with Crippen LogP contribution in [0.3, 0.4) is 0 Å². The minimum absolute atomic E-state index is 0.0939. The van der Waals surface area contributed by atoms with E-state index in [1.54, 1.807) is 6.07 Å². The van der Waals surface area contributed by atoms with Crippen molar-refractivity contribution < 1.29 is 27.8 Å². The fourth-order valence-corrected chi connectivity index (χ4v) is 2.08. The molecular weight excluding hydrogens is 349 g/mol. The van der Waals surface area contributed by atoms with Crippen molar-refractivity contribution in [2.75, 3.05) is 12.4 Å². The number of benzene rings is 2. The second-order valence-electron chi connectivity index (χ2n) is 5.13. The Morgan fingerprint density at radius 3 is 2.58 bits per heavy atom. The molecule has 0 radical (unpaired) electrons. The SMILES string of the molecule is COc1ccc(/C=C(/C#N)C(=O)Nc2cccc(C(F)(F)F)c2)cc1O. The van der Waals surface area contributed by atoms with Crippen LogP contribution in [0.25, 0.3) is 6.08 Å². The van der Waals surface area contributed by atoms with E-state index in [0.29, 0.717) is 5.56 Å². The Labute approximate surface area is 146 Å². The zero-order valence-corrected chi connectivity index (χ0v) is 13.5. The Kier molecular flexibility index (Phi) is 5.52. The molecular formula is C18H13F3N2O3. The van der Waals surface area contributed by atoms with Crippen molar-refractivity contribution in [1.29, 1.82) is 5.26 Å². The molecule has 2 N–H and O–H groups in total. The fraction of sp³-hybridized carbons (Fsp3) is 0.111. The van der Waals surface area contributed by atoms with E-state index in [9.17, 15) is 23.1 Å². The Morgan fingerprint density at radius 1 is 1.27 bits per heavy atom. The lowest BCUT2D eigenvalue weighted by Gasteiger charge is -2.09. The third-order valence-electron chi connectivity index (χ3n) is 3.33. The number of phenolic OH excluding ortho intramolecular Hbond substituents is 1. The lowest BCUT2D eigenvalue weighted by molar-refractivity contribution is -0.137. The number of carbonyl (C=O) groups is 1. The van der Waals surface area contributed by atoms with Crippen molar-refractivity contribution in [3.8, 4) is 17.6 Å². The first-order valence-corrected chi connectivity index (χ1v) is 7.22. The summed E-state index contributed by atoms with van der Waals surface area (Å²) in [6.45, 7) is 0. The number of anilines is 1. The van der Waals surface area contributed by atoms with Gasteiger partial charge in [0.25, 0.3) is 5.91 Å². The van der Waals surface area contributed by atoms with E-state index in [2.05, 4.69) is 5.32 Å². The number of phenols is 1. The van der Waals surface area contributed by atoms with Gasteiger partial charge in [-0.3, -0.25) is 4.79 Å². The van der Waals surface area contributed by atoms with Gasteiger partial charge in [0.05, 0.1) is 12.7 Å². The molecule has 2 rings (SSSR count). The predicted molar refractivity (Wildman–Crippen MR) is 88.3 cm³/mol. The maximum atomic E-state index is 12.7. The van der Waals surface area contributed by atoms with Crippen LogP contribution in [0, 0.1) is 11.3 Å². The molecule has 0 bridgehead atoms. The number of hydrogen-bond acceptors (Lipinski definition) is 4. The van der Waals surface area contributed by atoms with Crippen LogP contribution in [-0.4, -0.2) is 18.1 Å². The van der Waals surface area contributed by atoms with Crippen LogP contribution in [0.1, 0.15) is 11.1 Å². The van der Waals surface area contributed by atoms with E-state index in [1.165, 1.54) is 37.5 Å². The summed E-state index contributed by atoms with van der Waals surface area (Å²) in [5, 5.41) is 21.1. The molecule has 2 aromatic rings. The van der Waals surface area contributed by atoms with Gasteiger partial charge in [-0.1, -0.05) is 12.1 Å². The van der Waals surface area contributed by atoms with Crippen molar-refractivity contribution in [2.24, 2.45) is 0 Å². The molecule has 1 amide bonds. The molecule has 0 atom stereocenters. The van der Waals surface area contributed by atoms with E-state index < -0.39 is 17.6 Å². The first-order chi connectivity index (χ1) is 12.2. The normalized spacial score (nSPS) is 11.6. The average molecular weight is 362 g/mol. The third-order valence-corrected chi connectivity index (χ3v) is 3.33. The first-order valence-electron chi connectivity index (χ1n) is 7.22. The van der Waals surface area contributed by atoms with E-state index in [0.717, 1.165) is 18.2 Å². The van der Waals surface area contributed by atoms with Gasteiger partial charge >= 0.3 is 6.18 Å². The largest absolute Gasteiger partial charge is 0.504 e. The molecule has 8 heteroatoms. The number of rotatable bonds is 4. The number of alkyl halides is 3. The number of methoxy groups -OCH3 is 1. The van der Waals surface area contributed by atoms with Crippen LogP contribution in [0.4, 0.5) is 18.9 Å². The summed E-state index contributed by atoms with van der Waals surface area (Å²) < 4.78 is 43.0. The number of nitrogens with zero attached hydrogens (tertiary/aromatic N) is 1. The smallest absolute Gasteiger partial charge is 0.416 e. The third kappa shape index (κ3) is 4.54. The first kappa shape index (κ1) is 18.9. The summed E-state index contributed by atoms with van der Waals surface area (Å²) in [6.07, 6.45) is -3.35. The highest BCUT2D eigenvalue weighted by atomic mass is 19.4. The Hall–Kier alpha value is -3.47. The number of nitriles is 1. The van der Waals surface area contributed by atoms with Gasteiger partial charge in [-0.2, -0.15) is 18.4 Å². The lowest BCUT2D eigenvalue weighted by atomic mass is 10.1. The van der Waals surface area contributed by atoms with Crippen LogP contribution in [0.15, 0.2) is 48.0 Å². The van der Waals surface area contributed by atoms with Crippen LogP contribution in [0.5, 0.6) is 11.5 Å². The molecule has 0 aromatic heterocycles. The number of aromatic hydroxyl groups is 1. The van der Waals surface area contributed by atoms with Crippen molar-refractivity contribution in [2.45, 2.75) is 6.18 Å². The van der Waals surface area contributed by atoms with Crippen LogP contribution < -0.4 is 10.1 Å². The molecule has 0 fully saturated rings. The van der Waals surface area contributed by atoms with Gasteiger partial charge < -0.3 is 15.2 Å². The highest BCUT2D eigenvalue weighted by molar-refractivity contribution is 6.09. The molecule has 0 unspecified atom stereocenters. The van der Waals surface area contributed by atoms with Crippen molar-refractivity contribution >= 4 is 17.7 Å². The highest BCUT2D eigenvalue weighted by Gasteiger charge is 2.30. The van der Waals surface area contributed by atoms with Gasteiger partial charge in [-0.15, -0.1) is 0 Å². The van der Waals surface area contributed by atoms with Gasteiger partial charge in [-0.05, 0) is 42.0 Å². The second kappa shape index (κ2) is 7.61. The van der Waals surface area contributed by atoms with Gasteiger partial charge in [0.2, 0.25) is 0 Å². The number of ether oxygens (including phenoxy) is 1. The van der Waals surface area contributed by atoms with E-state index >= 15 is 0 Å². The predicted octanol–water partition coefficient (Wildman–Crippen LogP) is 3.97. The van der Waals surface area contributed by atoms with Gasteiger partial charge in [0.1, 0.15) is 11.6 Å². The van der Waals surface area contributed by atoms with Crippen molar-refractivity contribution in [3.05, 3.63) is 59.2 Å². The molecule has 26 heavy (non-hydrogen) atoms. The molecule has 0 saturated heterocycles. The molecule has 0 spiro atoms. The van der Waals surface area contributed by atoms with Gasteiger partial charge in [0, 0.05) is 5.69 Å². The minimum Gasteiger partial charge on any atom is -0.504 e. The molecule has 134 valence electrons. The Balaban J connectivity index is 2.24. The Morgan fingerprint density at radius 2 is 2.00 bits per heavy atom. The summed E-state index contributed by atoms with van der Waals surface area (Å²) in [7, 11) is 1.37. The fourth-order valence-electron chi connectivity index (χ4n) is 2.08. The van der Waals surface area contributed by atoms with Gasteiger partial charge in [0.15, 0.2) is 11.5 Å². The zero-order chi connectivity index (χ0) is 19.3. The lowest BCUT2D eigenvalue weighted by Crippen LogP contribution is -2.14. The van der Waals surface area contributed by atoms with Crippen molar-refractivity contribution in [3.63, 3.8) is 0 Å². The quantitative estimate of drug-likeness (QED) is 0.637. The molecule has 0 heterocycles. The number of carbonyl (C=O) groups excluding carboxylic acids is 1. The standard InChI is InChI=1S/C18H13F3N2O3/c1-26-16-6-5-11(8-15(16)24)7-12(10-22)17(25)23-14-4-2-3-13(9-14)18(19,20)21/h2-9,24H,1H3,(H,23,25)/b12-7-. The second-order valence-corrected chi connectivity index (χ2v) is 5.13. The molecule has 0 saturated carbocycles. The van der Waals surface area contributed by atoms with Crippen LogP contribution in [-0.2, 0) is 11.0 Å². The summed E-state index contributed by atoms with van der Waals surface area (Å²) in [4.78, 5) is 12.1. The number of hydrogen-bond donors (Lipinski definition) is 2.